The molecule has 1 N–H and O–H groups in total. The number of rotatable bonds is 7. The Hall–Kier alpha value is -4.62. The molecule has 2 aromatic carbocycles. The lowest BCUT2D eigenvalue weighted by atomic mass is 9.87. The third-order valence-electron chi connectivity index (χ3n) is 9.10. The molecule has 6 rings (SSSR count). The predicted octanol–water partition coefficient (Wildman–Crippen LogP) is 5.81. The maximum atomic E-state index is 14.5. The fraction of sp³-hybridized carbons (Fsp3) is 0.432. The Balaban J connectivity index is 1.42. The Morgan fingerprint density at radius 3 is 2.42 bits per heavy atom. The molecule has 0 aliphatic carbocycles. The van der Waals surface area contributed by atoms with Gasteiger partial charge in [-0.05, 0) is 67.9 Å². The van der Waals surface area contributed by atoms with Gasteiger partial charge in [-0.3, -0.25) is 4.79 Å². The zero-order valence-electron chi connectivity index (χ0n) is 29.5. The van der Waals surface area contributed by atoms with Crippen molar-refractivity contribution in [1.29, 1.82) is 0 Å². The SMILES string of the molecule is COC[C@@H]1CCCN1c1cnc(CN2C(=O)c3cccc(c3)S(=O)(=O)Nc3nc(cc(-c4c(C)cccc4C)n3)OC[C@H]2CC(C)(C)C)nc1. The van der Waals surface area contributed by atoms with Gasteiger partial charge >= 0.3 is 0 Å². The fourth-order valence-corrected chi connectivity index (χ4v) is 7.81. The smallest absolute Gasteiger partial charge is 0.264 e. The van der Waals surface area contributed by atoms with Crippen molar-refractivity contribution in [3.8, 4) is 17.1 Å². The lowest BCUT2D eigenvalue weighted by molar-refractivity contribution is 0.0505. The summed E-state index contributed by atoms with van der Waals surface area (Å²) in [6.07, 6.45) is 6.27. The zero-order valence-corrected chi connectivity index (χ0v) is 30.3. The van der Waals surface area contributed by atoms with Gasteiger partial charge in [0.05, 0.1) is 53.9 Å². The zero-order chi connectivity index (χ0) is 35.6. The van der Waals surface area contributed by atoms with E-state index in [2.05, 4.69) is 40.4 Å². The van der Waals surface area contributed by atoms with Crippen molar-refractivity contribution in [2.24, 2.45) is 5.41 Å². The third-order valence-corrected chi connectivity index (χ3v) is 10.4. The summed E-state index contributed by atoms with van der Waals surface area (Å²) in [6, 6.07) is 13.4. The van der Waals surface area contributed by atoms with Gasteiger partial charge in [-0.2, -0.15) is 4.98 Å². The van der Waals surface area contributed by atoms with Gasteiger partial charge in [0.25, 0.3) is 15.9 Å². The van der Waals surface area contributed by atoms with E-state index in [1.165, 1.54) is 12.1 Å². The van der Waals surface area contributed by atoms with Crippen LogP contribution in [0.25, 0.3) is 11.3 Å². The van der Waals surface area contributed by atoms with Crippen LogP contribution in [0.5, 0.6) is 5.88 Å². The molecule has 4 aromatic rings. The van der Waals surface area contributed by atoms with Gasteiger partial charge < -0.3 is 19.3 Å². The monoisotopic (exact) mass is 699 g/mol. The molecule has 1 fully saturated rings. The van der Waals surface area contributed by atoms with Crippen molar-refractivity contribution in [3.63, 3.8) is 0 Å². The van der Waals surface area contributed by atoms with E-state index in [9.17, 15) is 13.2 Å². The quantitative estimate of drug-likeness (QED) is 0.252. The number of carbonyl (C=O) groups is 1. The Morgan fingerprint density at radius 2 is 1.72 bits per heavy atom. The van der Waals surface area contributed by atoms with Crippen molar-refractivity contribution >= 4 is 27.6 Å². The van der Waals surface area contributed by atoms with Gasteiger partial charge in [0.2, 0.25) is 11.8 Å². The number of aryl methyl sites for hydroxylation is 2. The number of benzene rings is 2. The van der Waals surface area contributed by atoms with Crippen molar-refractivity contribution in [2.45, 2.75) is 77.4 Å². The minimum atomic E-state index is -4.18. The highest BCUT2D eigenvalue weighted by atomic mass is 32.2. The molecule has 264 valence electrons. The van der Waals surface area contributed by atoms with Crippen LogP contribution in [0.3, 0.4) is 0 Å². The summed E-state index contributed by atoms with van der Waals surface area (Å²) in [5.41, 5.74) is 4.24. The number of methoxy groups -OCH3 is 1. The molecule has 4 bridgehead atoms. The number of nitrogens with zero attached hydrogens (tertiary/aromatic N) is 6. The first-order valence-electron chi connectivity index (χ1n) is 16.9. The number of hydrogen-bond acceptors (Lipinski definition) is 10. The summed E-state index contributed by atoms with van der Waals surface area (Å²) in [4.78, 5) is 36.8. The number of nitrogens with one attached hydrogen (secondary N) is 1. The second kappa shape index (κ2) is 14.3. The number of hydrogen-bond donors (Lipinski definition) is 1. The van der Waals surface area contributed by atoms with E-state index in [0.29, 0.717) is 24.5 Å². The molecule has 12 nitrogen and oxygen atoms in total. The molecule has 13 heteroatoms. The second-order valence-corrected chi connectivity index (χ2v) is 16.0. The Labute approximate surface area is 294 Å². The second-order valence-electron chi connectivity index (χ2n) is 14.3. The number of aromatic nitrogens is 4. The maximum Gasteiger partial charge on any atom is 0.264 e. The van der Waals surface area contributed by atoms with Crippen LogP contribution in [-0.2, 0) is 21.3 Å². The van der Waals surface area contributed by atoms with Crippen LogP contribution in [0, 0.1) is 19.3 Å². The van der Waals surface area contributed by atoms with Crippen LogP contribution in [-0.4, -0.2) is 78.1 Å². The lowest BCUT2D eigenvalue weighted by Gasteiger charge is -2.35. The number of carbonyl (C=O) groups excluding carboxylic acids is 1. The van der Waals surface area contributed by atoms with Crippen LogP contribution in [0.15, 0.2) is 65.8 Å². The van der Waals surface area contributed by atoms with E-state index in [1.54, 1.807) is 42.6 Å². The van der Waals surface area contributed by atoms with E-state index in [4.69, 9.17) is 19.4 Å². The van der Waals surface area contributed by atoms with Gasteiger partial charge in [0, 0.05) is 30.8 Å². The molecular formula is C37H45N7O5S. The first-order valence-corrected chi connectivity index (χ1v) is 18.4. The molecule has 0 spiro atoms. The number of fused-ring (bicyclic) bond motifs is 4. The normalized spacial score (nSPS) is 19.2. The lowest BCUT2D eigenvalue weighted by Crippen LogP contribution is -2.45. The minimum Gasteiger partial charge on any atom is -0.475 e. The topological polar surface area (TPSA) is 140 Å². The van der Waals surface area contributed by atoms with E-state index >= 15 is 0 Å². The number of ether oxygens (including phenoxy) is 2. The first kappa shape index (κ1) is 35.2. The van der Waals surface area contributed by atoms with Gasteiger partial charge in [0.15, 0.2) is 0 Å². The van der Waals surface area contributed by atoms with E-state index < -0.39 is 16.1 Å². The summed E-state index contributed by atoms with van der Waals surface area (Å²) >= 11 is 0. The number of sulfonamides is 1. The first-order chi connectivity index (χ1) is 23.8. The van der Waals surface area contributed by atoms with Crippen LogP contribution in [0.4, 0.5) is 11.6 Å². The highest BCUT2D eigenvalue weighted by Crippen LogP contribution is 2.32. The van der Waals surface area contributed by atoms with Crippen molar-refractivity contribution in [1.82, 2.24) is 24.8 Å². The van der Waals surface area contributed by atoms with E-state index in [0.717, 1.165) is 41.8 Å². The molecule has 2 atom stereocenters. The number of anilines is 2. The summed E-state index contributed by atoms with van der Waals surface area (Å²) in [7, 11) is -2.47. The molecule has 0 saturated carbocycles. The molecule has 50 heavy (non-hydrogen) atoms. The minimum absolute atomic E-state index is 0.0859. The molecule has 0 unspecified atom stereocenters. The summed E-state index contributed by atoms with van der Waals surface area (Å²) in [5.74, 6) is 0.157. The van der Waals surface area contributed by atoms with Crippen molar-refractivity contribution in [2.75, 3.05) is 36.5 Å². The highest BCUT2D eigenvalue weighted by molar-refractivity contribution is 7.92. The highest BCUT2D eigenvalue weighted by Gasteiger charge is 2.32. The van der Waals surface area contributed by atoms with Crippen molar-refractivity contribution < 1.29 is 22.7 Å². The van der Waals surface area contributed by atoms with Gasteiger partial charge in [-0.25, -0.2) is 28.1 Å². The fourth-order valence-electron chi connectivity index (χ4n) is 6.82. The largest absolute Gasteiger partial charge is 0.475 e. The molecular weight excluding hydrogens is 655 g/mol. The maximum absolute atomic E-state index is 14.5. The molecule has 1 saturated heterocycles. The predicted molar refractivity (Wildman–Crippen MR) is 192 cm³/mol. The molecule has 0 radical (unpaired) electrons. The van der Waals surface area contributed by atoms with Crippen LogP contribution >= 0.6 is 0 Å². The van der Waals surface area contributed by atoms with Gasteiger partial charge in [0.1, 0.15) is 12.4 Å². The molecule has 2 aliphatic rings. The average Bonchev–Trinajstić information content (AvgIpc) is 3.53. The van der Waals surface area contributed by atoms with Gasteiger partial charge in [-0.15, -0.1) is 0 Å². The van der Waals surface area contributed by atoms with Crippen LogP contribution < -0.4 is 14.4 Å². The standard InChI is InChI=1S/C37H45N7O5S/c1-24-10-7-11-25(2)34(24)31-17-33-41-36(40-31)42-50(46,47)30-14-8-12-26(16-30)35(45)44(28(23-49-33)18-37(3,4)5)21-32-38-19-29(20-39-32)43-15-9-13-27(43)22-48-6/h7-8,10-12,14,16-17,19-20,27-28H,9,13,15,18,21-23H2,1-6H3,(H,40,41,42)/t27-,28+/m0/s1. The van der Waals surface area contributed by atoms with E-state index in [1.807, 2.05) is 32.0 Å². The molecule has 1 amide bonds. The summed E-state index contributed by atoms with van der Waals surface area (Å²) < 4.78 is 41.7. The molecule has 2 aliphatic heterocycles. The summed E-state index contributed by atoms with van der Waals surface area (Å²) in [5, 5.41) is 0. The van der Waals surface area contributed by atoms with Gasteiger partial charge in [-0.1, -0.05) is 45.0 Å². The third kappa shape index (κ3) is 7.89. The Morgan fingerprint density at radius 1 is 1.00 bits per heavy atom. The molecule has 4 heterocycles. The Kier molecular flexibility index (Phi) is 10.1. The average molecular weight is 700 g/mol. The van der Waals surface area contributed by atoms with Crippen LogP contribution in [0.1, 0.15) is 67.3 Å². The Bertz CT molecular complexity index is 1940. The number of amides is 1. The molecule has 2 aromatic heterocycles. The summed E-state index contributed by atoms with van der Waals surface area (Å²) in [6.45, 7) is 12.0. The van der Waals surface area contributed by atoms with Crippen molar-refractivity contribution in [3.05, 3.63) is 83.4 Å². The van der Waals surface area contributed by atoms with Crippen LogP contribution in [0.2, 0.25) is 0 Å². The van der Waals surface area contributed by atoms with E-state index in [-0.39, 0.29) is 52.8 Å².